The lowest BCUT2D eigenvalue weighted by Gasteiger charge is -2.11. The van der Waals surface area contributed by atoms with E-state index in [9.17, 15) is 8.78 Å². The molecule has 1 N–H and O–H groups in total. The zero-order valence-electron chi connectivity index (χ0n) is 11.3. The Hall–Kier alpha value is -1.74. The van der Waals surface area contributed by atoms with Crippen molar-refractivity contribution >= 4 is 0 Å². The number of nitrogens with one attached hydrogen (secondary N) is 1. The first-order valence-electron chi connectivity index (χ1n) is 6.23. The van der Waals surface area contributed by atoms with Gasteiger partial charge in [-0.15, -0.1) is 0 Å². The fraction of sp³-hybridized carbons (Fsp3) is 0.250. The first-order valence-corrected chi connectivity index (χ1v) is 6.23. The zero-order chi connectivity index (χ0) is 14.0. The van der Waals surface area contributed by atoms with Gasteiger partial charge >= 0.3 is 0 Å². The van der Waals surface area contributed by atoms with Gasteiger partial charge in [0.2, 0.25) is 0 Å². The number of aryl methyl sites for hydroxylation is 2. The lowest BCUT2D eigenvalue weighted by atomic mass is 9.96. The third-order valence-corrected chi connectivity index (χ3v) is 3.12. The minimum Gasteiger partial charge on any atom is -0.316 e. The Morgan fingerprint density at radius 1 is 1.00 bits per heavy atom. The predicted octanol–water partition coefficient (Wildman–Crippen LogP) is 3.97. The van der Waals surface area contributed by atoms with Crippen LogP contribution < -0.4 is 5.32 Å². The van der Waals surface area contributed by atoms with Crippen LogP contribution in [-0.2, 0) is 6.54 Å². The van der Waals surface area contributed by atoms with Crippen molar-refractivity contribution in [2.75, 3.05) is 7.05 Å². The maximum absolute atomic E-state index is 14.1. The van der Waals surface area contributed by atoms with E-state index in [1.165, 1.54) is 12.1 Å². The second kappa shape index (κ2) is 5.49. The molecule has 19 heavy (non-hydrogen) atoms. The van der Waals surface area contributed by atoms with E-state index in [0.717, 1.165) is 16.7 Å². The molecule has 0 aromatic heterocycles. The highest BCUT2D eigenvalue weighted by Crippen LogP contribution is 2.30. The Balaban J connectivity index is 2.53. The van der Waals surface area contributed by atoms with Gasteiger partial charge in [-0.2, -0.15) is 0 Å². The third-order valence-electron chi connectivity index (χ3n) is 3.12. The van der Waals surface area contributed by atoms with E-state index in [4.69, 9.17) is 0 Å². The predicted molar refractivity (Wildman–Crippen MR) is 74.0 cm³/mol. The van der Waals surface area contributed by atoms with E-state index in [1.54, 1.807) is 20.0 Å². The molecule has 0 atom stereocenters. The number of hydrogen-bond acceptors (Lipinski definition) is 1. The minimum atomic E-state index is -0.390. The van der Waals surface area contributed by atoms with Crippen LogP contribution in [0.1, 0.15) is 16.7 Å². The molecule has 0 amide bonds. The van der Waals surface area contributed by atoms with Gasteiger partial charge in [-0.3, -0.25) is 0 Å². The average Bonchev–Trinajstić information content (AvgIpc) is 2.31. The van der Waals surface area contributed by atoms with Crippen LogP contribution in [0.25, 0.3) is 11.1 Å². The minimum absolute atomic E-state index is 0.315. The molecule has 2 aromatic carbocycles. The number of rotatable bonds is 3. The summed E-state index contributed by atoms with van der Waals surface area (Å²) in [6.07, 6.45) is 0. The molecule has 0 radical (unpaired) electrons. The highest BCUT2D eigenvalue weighted by atomic mass is 19.1. The van der Waals surface area contributed by atoms with Gasteiger partial charge in [-0.05, 0) is 49.7 Å². The van der Waals surface area contributed by atoms with Crippen molar-refractivity contribution in [1.82, 2.24) is 5.32 Å². The molecule has 2 rings (SSSR count). The molecule has 1 nitrogen and oxygen atoms in total. The summed E-state index contributed by atoms with van der Waals surface area (Å²) in [7, 11) is 1.80. The maximum atomic E-state index is 14.1. The van der Waals surface area contributed by atoms with E-state index >= 15 is 0 Å². The van der Waals surface area contributed by atoms with Crippen molar-refractivity contribution in [3.63, 3.8) is 0 Å². The van der Waals surface area contributed by atoms with E-state index in [0.29, 0.717) is 17.7 Å². The average molecular weight is 261 g/mol. The summed E-state index contributed by atoms with van der Waals surface area (Å²) in [6, 6.07) is 8.20. The molecule has 0 aliphatic rings. The first-order chi connectivity index (χ1) is 9.02. The zero-order valence-corrected chi connectivity index (χ0v) is 11.3. The van der Waals surface area contributed by atoms with Crippen molar-refractivity contribution in [2.45, 2.75) is 20.4 Å². The van der Waals surface area contributed by atoms with Crippen LogP contribution in [0.5, 0.6) is 0 Å². The molecular formula is C16H17F2N. The second-order valence-electron chi connectivity index (χ2n) is 4.78. The van der Waals surface area contributed by atoms with E-state index in [-0.39, 0.29) is 5.82 Å². The van der Waals surface area contributed by atoms with Crippen LogP contribution in [0.3, 0.4) is 0 Å². The van der Waals surface area contributed by atoms with Gasteiger partial charge in [-0.1, -0.05) is 18.2 Å². The van der Waals surface area contributed by atoms with Crippen LogP contribution >= 0.6 is 0 Å². The summed E-state index contributed by atoms with van der Waals surface area (Å²) >= 11 is 0. The van der Waals surface area contributed by atoms with Gasteiger partial charge in [0.05, 0.1) is 0 Å². The number of benzene rings is 2. The SMILES string of the molecule is CNCc1ccc(-c2c(C)cc(C)cc2F)c(F)c1. The molecule has 3 heteroatoms. The molecule has 0 spiro atoms. The van der Waals surface area contributed by atoms with Crippen molar-refractivity contribution < 1.29 is 8.78 Å². The topological polar surface area (TPSA) is 12.0 Å². The smallest absolute Gasteiger partial charge is 0.131 e. The summed E-state index contributed by atoms with van der Waals surface area (Å²) in [4.78, 5) is 0. The summed E-state index contributed by atoms with van der Waals surface area (Å²) in [6.45, 7) is 4.21. The lowest BCUT2D eigenvalue weighted by Crippen LogP contribution is -2.05. The van der Waals surface area contributed by atoms with Crippen LogP contribution in [0.15, 0.2) is 30.3 Å². The van der Waals surface area contributed by atoms with Crippen LogP contribution in [0, 0.1) is 25.5 Å². The lowest BCUT2D eigenvalue weighted by molar-refractivity contribution is 0.613. The molecular weight excluding hydrogens is 244 g/mol. The fourth-order valence-electron chi connectivity index (χ4n) is 2.33. The first kappa shape index (κ1) is 13.7. The fourth-order valence-corrected chi connectivity index (χ4v) is 2.33. The van der Waals surface area contributed by atoms with E-state index in [2.05, 4.69) is 5.32 Å². The third kappa shape index (κ3) is 2.82. The second-order valence-corrected chi connectivity index (χ2v) is 4.78. The molecule has 0 unspecified atom stereocenters. The normalized spacial score (nSPS) is 10.8. The Kier molecular flexibility index (Phi) is 3.96. The molecule has 0 heterocycles. The van der Waals surface area contributed by atoms with E-state index in [1.807, 2.05) is 19.1 Å². The van der Waals surface area contributed by atoms with Crippen LogP contribution in [0.2, 0.25) is 0 Å². The monoisotopic (exact) mass is 261 g/mol. The quantitative estimate of drug-likeness (QED) is 0.881. The molecule has 0 fully saturated rings. The Labute approximate surface area is 112 Å². The molecule has 100 valence electrons. The largest absolute Gasteiger partial charge is 0.316 e. The van der Waals surface area contributed by atoms with Gasteiger partial charge in [0.15, 0.2) is 0 Å². The summed E-state index contributed by atoms with van der Waals surface area (Å²) < 4.78 is 28.2. The highest BCUT2D eigenvalue weighted by Gasteiger charge is 2.13. The Morgan fingerprint density at radius 2 is 1.74 bits per heavy atom. The van der Waals surface area contributed by atoms with Crippen molar-refractivity contribution in [3.8, 4) is 11.1 Å². The van der Waals surface area contributed by atoms with Gasteiger partial charge in [0.25, 0.3) is 0 Å². The number of hydrogen-bond donors (Lipinski definition) is 1. The maximum Gasteiger partial charge on any atom is 0.131 e. The van der Waals surface area contributed by atoms with E-state index < -0.39 is 5.82 Å². The molecule has 2 aromatic rings. The van der Waals surface area contributed by atoms with Crippen LogP contribution in [0.4, 0.5) is 8.78 Å². The molecule has 0 aliphatic carbocycles. The van der Waals surface area contributed by atoms with Gasteiger partial charge < -0.3 is 5.32 Å². The van der Waals surface area contributed by atoms with Gasteiger partial charge in [-0.25, -0.2) is 8.78 Å². The highest BCUT2D eigenvalue weighted by molar-refractivity contribution is 5.69. The number of halogens is 2. The van der Waals surface area contributed by atoms with Crippen molar-refractivity contribution in [2.24, 2.45) is 0 Å². The van der Waals surface area contributed by atoms with Gasteiger partial charge in [0.1, 0.15) is 11.6 Å². The standard InChI is InChI=1S/C16H17F2N/c1-10-6-11(2)16(15(18)7-10)13-5-4-12(9-19-3)8-14(13)17/h4-8,19H,9H2,1-3H3. The molecule has 0 bridgehead atoms. The Morgan fingerprint density at radius 3 is 2.32 bits per heavy atom. The van der Waals surface area contributed by atoms with Gasteiger partial charge in [0, 0.05) is 17.7 Å². The van der Waals surface area contributed by atoms with Crippen molar-refractivity contribution in [1.29, 1.82) is 0 Å². The molecule has 0 saturated heterocycles. The Bertz CT molecular complexity index is 583. The summed E-state index contributed by atoms with van der Waals surface area (Å²) in [5, 5.41) is 2.96. The van der Waals surface area contributed by atoms with Crippen molar-refractivity contribution in [3.05, 3.63) is 58.7 Å². The molecule has 0 saturated carbocycles. The summed E-state index contributed by atoms with van der Waals surface area (Å²) in [5.41, 5.74) is 3.09. The van der Waals surface area contributed by atoms with Crippen LogP contribution in [-0.4, -0.2) is 7.05 Å². The molecule has 0 aliphatic heterocycles. The summed E-state index contributed by atoms with van der Waals surface area (Å²) in [5.74, 6) is -0.767.